The first kappa shape index (κ1) is 16.0. The van der Waals surface area contributed by atoms with Crippen molar-refractivity contribution in [3.05, 3.63) is 30.3 Å². The molecule has 0 aliphatic carbocycles. The molecule has 19 heavy (non-hydrogen) atoms. The maximum Gasteiger partial charge on any atom is 0.0363 e. The van der Waals surface area contributed by atoms with Gasteiger partial charge in [0.1, 0.15) is 0 Å². The first-order valence-electron chi connectivity index (χ1n) is 7.58. The van der Waals surface area contributed by atoms with E-state index in [1.165, 1.54) is 24.9 Å². The fourth-order valence-electron chi connectivity index (χ4n) is 2.74. The summed E-state index contributed by atoms with van der Waals surface area (Å²) >= 11 is 0. The Kier molecular flexibility index (Phi) is 6.93. The summed E-state index contributed by atoms with van der Waals surface area (Å²) in [5.74, 6) is 0. The molecule has 1 unspecified atom stereocenters. The molecular weight excluding hydrogens is 232 g/mol. The predicted octanol–water partition coefficient (Wildman–Crippen LogP) is 3.93. The third kappa shape index (κ3) is 5.65. The van der Waals surface area contributed by atoms with Crippen molar-refractivity contribution in [1.82, 2.24) is 5.32 Å². The van der Waals surface area contributed by atoms with E-state index in [0.717, 1.165) is 19.6 Å². The van der Waals surface area contributed by atoms with Crippen molar-refractivity contribution in [3.8, 4) is 0 Å². The summed E-state index contributed by atoms with van der Waals surface area (Å²) in [6.07, 6.45) is 3.71. The van der Waals surface area contributed by atoms with Gasteiger partial charge in [-0.2, -0.15) is 0 Å². The molecule has 1 aromatic rings. The Labute approximate surface area is 119 Å². The van der Waals surface area contributed by atoms with E-state index in [9.17, 15) is 0 Å². The van der Waals surface area contributed by atoms with Gasteiger partial charge >= 0.3 is 0 Å². The molecule has 0 saturated heterocycles. The van der Waals surface area contributed by atoms with Crippen molar-refractivity contribution >= 4 is 5.69 Å². The number of benzene rings is 1. The summed E-state index contributed by atoms with van der Waals surface area (Å²) in [5, 5.41) is 3.59. The van der Waals surface area contributed by atoms with Gasteiger partial charge in [-0.15, -0.1) is 0 Å². The Bertz CT molecular complexity index is 336. The number of nitrogens with zero attached hydrogens (tertiary/aromatic N) is 1. The molecule has 1 N–H and O–H groups in total. The summed E-state index contributed by atoms with van der Waals surface area (Å²) in [6, 6.07) is 10.7. The van der Waals surface area contributed by atoms with Crippen LogP contribution in [0.1, 0.15) is 40.0 Å². The first-order chi connectivity index (χ1) is 9.11. The van der Waals surface area contributed by atoms with Crippen LogP contribution < -0.4 is 10.2 Å². The van der Waals surface area contributed by atoms with Gasteiger partial charge in [-0.05, 0) is 36.9 Å². The highest BCUT2D eigenvalue weighted by atomic mass is 15.1. The number of nitrogens with one attached hydrogen (secondary N) is 1. The van der Waals surface area contributed by atoms with Gasteiger partial charge in [0.25, 0.3) is 0 Å². The van der Waals surface area contributed by atoms with E-state index < -0.39 is 0 Å². The second kappa shape index (κ2) is 8.21. The molecule has 0 saturated carbocycles. The zero-order valence-corrected chi connectivity index (χ0v) is 13.1. The minimum atomic E-state index is 0.342. The molecule has 108 valence electrons. The second-order valence-corrected chi connectivity index (χ2v) is 5.93. The molecule has 0 aliphatic heterocycles. The first-order valence-corrected chi connectivity index (χ1v) is 7.58. The highest BCUT2D eigenvalue weighted by Crippen LogP contribution is 2.26. The minimum Gasteiger partial charge on any atom is -0.374 e. The molecule has 0 spiro atoms. The lowest BCUT2D eigenvalue weighted by molar-refractivity contribution is 0.284. The predicted molar refractivity (Wildman–Crippen MR) is 85.9 cm³/mol. The molecule has 0 fully saturated rings. The Hall–Kier alpha value is -1.02. The van der Waals surface area contributed by atoms with E-state index in [-0.39, 0.29) is 0 Å². The number of rotatable bonds is 9. The third-order valence-electron chi connectivity index (χ3n) is 3.65. The Balaban J connectivity index is 2.61. The van der Waals surface area contributed by atoms with Crippen molar-refractivity contribution in [2.24, 2.45) is 5.41 Å². The summed E-state index contributed by atoms with van der Waals surface area (Å²) < 4.78 is 0. The van der Waals surface area contributed by atoms with Crippen LogP contribution in [0.15, 0.2) is 30.3 Å². The highest BCUT2D eigenvalue weighted by Gasteiger charge is 2.24. The molecule has 1 atom stereocenters. The minimum absolute atomic E-state index is 0.342. The molecular formula is C17H30N2. The van der Waals surface area contributed by atoms with Crippen molar-refractivity contribution in [2.75, 3.05) is 31.6 Å². The van der Waals surface area contributed by atoms with Gasteiger partial charge in [-0.1, -0.05) is 45.4 Å². The van der Waals surface area contributed by atoms with Crippen LogP contribution in [-0.2, 0) is 0 Å². The van der Waals surface area contributed by atoms with E-state index in [4.69, 9.17) is 0 Å². The van der Waals surface area contributed by atoms with Gasteiger partial charge in [0.05, 0.1) is 0 Å². The lowest BCUT2D eigenvalue weighted by Gasteiger charge is -2.35. The summed E-state index contributed by atoms with van der Waals surface area (Å²) in [4.78, 5) is 2.38. The van der Waals surface area contributed by atoms with Crippen molar-refractivity contribution < 1.29 is 0 Å². The van der Waals surface area contributed by atoms with Gasteiger partial charge < -0.3 is 10.2 Å². The average molecular weight is 262 g/mol. The lowest BCUT2D eigenvalue weighted by atomic mass is 9.84. The molecule has 0 aromatic heterocycles. The fourth-order valence-corrected chi connectivity index (χ4v) is 2.74. The number of anilines is 1. The normalized spacial score (nSPS) is 14.1. The molecule has 1 rings (SSSR count). The van der Waals surface area contributed by atoms with Gasteiger partial charge in [-0.25, -0.2) is 0 Å². The van der Waals surface area contributed by atoms with E-state index in [1.807, 2.05) is 0 Å². The van der Waals surface area contributed by atoms with Crippen LogP contribution in [0.5, 0.6) is 0 Å². The lowest BCUT2D eigenvalue weighted by Crippen LogP contribution is -2.41. The quantitative estimate of drug-likeness (QED) is 0.678. The Morgan fingerprint density at radius 1 is 1.11 bits per heavy atom. The SMILES string of the molecule is CCCNCC(C)(CCC)CN(C)c1ccccc1. The van der Waals surface area contributed by atoms with Crippen LogP contribution in [-0.4, -0.2) is 26.7 Å². The molecule has 1 aromatic carbocycles. The molecule has 0 amide bonds. The topological polar surface area (TPSA) is 15.3 Å². The molecule has 0 heterocycles. The third-order valence-corrected chi connectivity index (χ3v) is 3.65. The van der Waals surface area contributed by atoms with Crippen molar-refractivity contribution in [3.63, 3.8) is 0 Å². The molecule has 0 aliphatic rings. The van der Waals surface area contributed by atoms with Crippen LogP contribution in [0.4, 0.5) is 5.69 Å². The average Bonchev–Trinajstić information content (AvgIpc) is 2.40. The molecule has 2 heteroatoms. The van der Waals surface area contributed by atoms with Gasteiger partial charge in [-0.3, -0.25) is 0 Å². The molecule has 2 nitrogen and oxygen atoms in total. The summed E-state index contributed by atoms with van der Waals surface area (Å²) in [5.41, 5.74) is 1.65. The number of para-hydroxylation sites is 1. The largest absolute Gasteiger partial charge is 0.374 e. The van der Waals surface area contributed by atoms with Crippen LogP contribution in [0, 0.1) is 5.41 Å². The zero-order chi connectivity index (χ0) is 14.1. The van der Waals surface area contributed by atoms with Crippen LogP contribution in [0.3, 0.4) is 0 Å². The number of hydrogen-bond donors (Lipinski definition) is 1. The van der Waals surface area contributed by atoms with Crippen molar-refractivity contribution in [2.45, 2.75) is 40.0 Å². The Morgan fingerprint density at radius 2 is 1.79 bits per heavy atom. The number of hydrogen-bond acceptors (Lipinski definition) is 2. The maximum atomic E-state index is 3.59. The standard InChI is InChI=1S/C17H30N2/c1-5-12-17(3,14-18-13-6-2)15-19(4)16-10-8-7-9-11-16/h7-11,18H,5-6,12-15H2,1-4H3. The van der Waals surface area contributed by atoms with Gasteiger partial charge in [0.15, 0.2) is 0 Å². The second-order valence-electron chi connectivity index (χ2n) is 5.93. The van der Waals surface area contributed by atoms with E-state index in [2.05, 4.69) is 68.4 Å². The Morgan fingerprint density at radius 3 is 2.37 bits per heavy atom. The fraction of sp³-hybridized carbons (Fsp3) is 0.647. The summed E-state index contributed by atoms with van der Waals surface area (Å²) in [7, 11) is 2.20. The smallest absolute Gasteiger partial charge is 0.0363 e. The van der Waals surface area contributed by atoms with E-state index in [1.54, 1.807) is 0 Å². The molecule has 0 radical (unpaired) electrons. The van der Waals surface area contributed by atoms with E-state index in [0.29, 0.717) is 5.41 Å². The zero-order valence-electron chi connectivity index (χ0n) is 13.1. The van der Waals surface area contributed by atoms with Crippen molar-refractivity contribution in [1.29, 1.82) is 0 Å². The maximum absolute atomic E-state index is 3.59. The van der Waals surface area contributed by atoms with Gasteiger partial charge in [0, 0.05) is 25.8 Å². The van der Waals surface area contributed by atoms with Gasteiger partial charge in [0.2, 0.25) is 0 Å². The van der Waals surface area contributed by atoms with E-state index >= 15 is 0 Å². The monoisotopic (exact) mass is 262 g/mol. The van der Waals surface area contributed by atoms with Crippen LogP contribution in [0.2, 0.25) is 0 Å². The summed E-state index contributed by atoms with van der Waals surface area (Å²) in [6.45, 7) is 10.2. The molecule has 0 bridgehead atoms. The van der Waals surface area contributed by atoms with Crippen LogP contribution in [0.25, 0.3) is 0 Å². The van der Waals surface area contributed by atoms with Crippen LogP contribution >= 0.6 is 0 Å². The highest BCUT2D eigenvalue weighted by molar-refractivity contribution is 5.45.